The molecule has 11 heteroatoms. The Kier molecular flexibility index (Phi) is 8.23. The van der Waals surface area contributed by atoms with Crippen molar-refractivity contribution < 1.29 is 18.8 Å². The van der Waals surface area contributed by atoms with E-state index >= 15 is 0 Å². The summed E-state index contributed by atoms with van der Waals surface area (Å²) in [5, 5.41) is 16.3. The Morgan fingerprint density at radius 3 is 2.62 bits per heavy atom. The van der Waals surface area contributed by atoms with Crippen molar-refractivity contribution in [3.63, 3.8) is 0 Å². The van der Waals surface area contributed by atoms with E-state index in [-0.39, 0.29) is 36.7 Å². The normalized spacial score (nSPS) is 13.7. The Labute approximate surface area is 186 Å². The lowest BCUT2D eigenvalue weighted by Gasteiger charge is -2.39. The first kappa shape index (κ1) is 23.3. The molecular weight excluding hydrogens is 414 g/mol. The van der Waals surface area contributed by atoms with Gasteiger partial charge in [0, 0.05) is 31.5 Å². The molecule has 0 saturated carbocycles. The van der Waals surface area contributed by atoms with E-state index in [1.165, 1.54) is 6.26 Å². The van der Waals surface area contributed by atoms with Crippen LogP contribution in [0.15, 0.2) is 29.0 Å². The van der Waals surface area contributed by atoms with Crippen molar-refractivity contribution >= 4 is 17.8 Å². The highest BCUT2D eigenvalue weighted by Crippen LogP contribution is 2.17. The van der Waals surface area contributed by atoms with Crippen LogP contribution in [0.3, 0.4) is 0 Å². The molecule has 3 rings (SSSR count). The van der Waals surface area contributed by atoms with E-state index in [4.69, 9.17) is 4.42 Å². The Hall–Kier alpha value is -3.37. The van der Waals surface area contributed by atoms with E-state index in [9.17, 15) is 14.4 Å². The lowest BCUT2D eigenvalue weighted by atomic mass is 10.0. The zero-order valence-corrected chi connectivity index (χ0v) is 18.5. The molecule has 2 aromatic heterocycles. The maximum absolute atomic E-state index is 12.2. The summed E-state index contributed by atoms with van der Waals surface area (Å²) in [5.41, 5.74) is 0.710. The predicted octanol–water partition coefficient (Wildman–Crippen LogP) is 0.881. The average molecular weight is 446 g/mol. The molecule has 0 atom stereocenters. The molecule has 1 saturated heterocycles. The molecule has 1 aliphatic rings. The molecule has 0 aromatic carbocycles. The van der Waals surface area contributed by atoms with Crippen molar-refractivity contribution in [2.24, 2.45) is 11.8 Å². The van der Waals surface area contributed by atoms with Gasteiger partial charge in [-0.25, -0.2) is 4.79 Å². The van der Waals surface area contributed by atoms with Gasteiger partial charge in [-0.1, -0.05) is 19.1 Å². The number of urea groups is 1. The second-order valence-electron chi connectivity index (χ2n) is 7.94. The van der Waals surface area contributed by atoms with Gasteiger partial charge in [-0.2, -0.15) is 0 Å². The van der Waals surface area contributed by atoms with Crippen LogP contribution in [0.2, 0.25) is 0 Å². The number of carbonyl (C=O) groups is 3. The van der Waals surface area contributed by atoms with Crippen molar-refractivity contribution in [2.45, 2.75) is 46.3 Å². The van der Waals surface area contributed by atoms with Gasteiger partial charge in [-0.15, -0.1) is 5.10 Å². The van der Waals surface area contributed by atoms with Crippen molar-refractivity contribution in [3.05, 3.63) is 36.0 Å². The summed E-state index contributed by atoms with van der Waals surface area (Å²) in [6, 6.07) is 3.08. The van der Waals surface area contributed by atoms with Crippen molar-refractivity contribution in [2.75, 3.05) is 19.6 Å². The molecule has 2 aromatic rings. The van der Waals surface area contributed by atoms with Crippen LogP contribution in [0, 0.1) is 11.8 Å². The first-order chi connectivity index (χ1) is 15.5. The molecule has 0 radical (unpaired) electrons. The number of likely N-dealkylation sites (tertiary alicyclic amines) is 1. The zero-order chi connectivity index (χ0) is 22.9. The van der Waals surface area contributed by atoms with E-state index in [1.807, 2.05) is 20.0 Å². The number of hydrogen-bond donors (Lipinski definition) is 3. The third-order valence-electron chi connectivity index (χ3n) is 5.54. The average Bonchev–Trinajstić information content (AvgIpc) is 3.44. The van der Waals surface area contributed by atoms with Gasteiger partial charge in [0.1, 0.15) is 11.5 Å². The van der Waals surface area contributed by atoms with Crippen molar-refractivity contribution in [1.82, 2.24) is 35.8 Å². The number of furan rings is 1. The highest BCUT2D eigenvalue weighted by atomic mass is 16.3. The van der Waals surface area contributed by atoms with Crippen LogP contribution >= 0.6 is 0 Å². The molecule has 0 aliphatic carbocycles. The van der Waals surface area contributed by atoms with Gasteiger partial charge in [0.25, 0.3) is 0 Å². The minimum absolute atomic E-state index is 0.0279. The first-order valence-corrected chi connectivity index (χ1v) is 11.0. The lowest BCUT2D eigenvalue weighted by molar-refractivity contribution is -0.136. The molecule has 3 heterocycles. The first-order valence-electron chi connectivity index (χ1n) is 11.0. The molecule has 11 nitrogen and oxygen atoms in total. The van der Waals surface area contributed by atoms with Crippen LogP contribution in [0.5, 0.6) is 0 Å². The van der Waals surface area contributed by atoms with Gasteiger partial charge in [-0.05, 0) is 25.0 Å². The zero-order valence-electron chi connectivity index (χ0n) is 18.5. The molecule has 32 heavy (non-hydrogen) atoms. The van der Waals surface area contributed by atoms with E-state index in [0.717, 1.165) is 12.8 Å². The van der Waals surface area contributed by atoms with Crippen LogP contribution < -0.4 is 16.0 Å². The standard InChI is InChI=1S/C21H31N7O4/c1-3-16(4-2)20(30)22-8-17-14-28(26-25-17)13-15-11-27(12-15)19(29)10-24-21(31)23-9-18-6-5-7-32-18/h5-7,14-16H,3-4,8-13H2,1-2H3,(H,22,30)(H2,23,24,31). The van der Waals surface area contributed by atoms with Crippen molar-refractivity contribution in [1.29, 1.82) is 0 Å². The second kappa shape index (κ2) is 11.3. The minimum atomic E-state index is -0.418. The molecular formula is C21H31N7O4. The smallest absolute Gasteiger partial charge is 0.315 e. The van der Waals surface area contributed by atoms with Gasteiger partial charge >= 0.3 is 6.03 Å². The third kappa shape index (κ3) is 6.56. The van der Waals surface area contributed by atoms with Gasteiger partial charge < -0.3 is 25.3 Å². The number of rotatable bonds is 11. The largest absolute Gasteiger partial charge is 0.467 e. The summed E-state index contributed by atoms with van der Waals surface area (Å²) in [6.45, 7) is 6.44. The Morgan fingerprint density at radius 2 is 1.94 bits per heavy atom. The summed E-state index contributed by atoms with van der Waals surface area (Å²) < 4.78 is 6.87. The van der Waals surface area contributed by atoms with Gasteiger partial charge in [-0.3, -0.25) is 14.3 Å². The fourth-order valence-corrected chi connectivity index (χ4v) is 3.55. The van der Waals surface area contributed by atoms with Crippen LogP contribution in [-0.4, -0.2) is 57.4 Å². The summed E-state index contributed by atoms with van der Waals surface area (Å²) in [4.78, 5) is 37.7. The van der Waals surface area contributed by atoms with Crippen LogP contribution in [0.4, 0.5) is 4.79 Å². The summed E-state index contributed by atoms with van der Waals surface area (Å²) in [5.74, 6) is 0.862. The minimum Gasteiger partial charge on any atom is -0.467 e. The number of carbonyl (C=O) groups excluding carboxylic acids is 3. The van der Waals surface area contributed by atoms with E-state index in [2.05, 4.69) is 26.3 Å². The maximum atomic E-state index is 12.2. The Balaban J connectivity index is 1.30. The lowest BCUT2D eigenvalue weighted by Crippen LogP contribution is -2.54. The summed E-state index contributed by atoms with van der Waals surface area (Å²) in [7, 11) is 0. The SMILES string of the molecule is CCC(CC)C(=O)NCc1cn(CC2CN(C(=O)CNC(=O)NCc3ccco3)C2)nn1. The molecule has 1 fully saturated rings. The second-order valence-corrected chi connectivity index (χ2v) is 7.94. The number of aromatic nitrogens is 3. The van der Waals surface area contributed by atoms with E-state index < -0.39 is 6.03 Å². The molecule has 0 unspecified atom stereocenters. The van der Waals surface area contributed by atoms with E-state index in [1.54, 1.807) is 21.7 Å². The number of nitrogens with one attached hydrogen (secondary N) is 3. The third-order valence-corrected chi connectivity index (χ3v) is 5.54. The van der Waals surface area contributed by atoms with Gasteiger partial charge in [0.2, 0.25) is 11.8 Å². The van der Waals surface area contributed by atoms with Crippen LogP contribution in [-0.2, 0) is 29.2 Å². The quantitative estimate of drug-likeness (QED) is 0.470. The van der Waals surface area contributed by atoms with Crippen LogP contribution in [0.25, 0.3) is 0 Å². The highest BCUT2D eigenvalue weighted by Gasteiger charge is 2.31. The maximum Gasteiger partial charge on any atom is 0.315 e. The van der Waals surface area contributed by atoms with Crippen LogP contribution in [0.1, 0.15) is 38.1 Å². The van der Waals surface area contributed by atoms with Crippen molar-refractivity contribution in [3.8, 4) is 0 Å². The Bertz CT molecular complexity index is 886. The predicted molar refractivity (Wildman–Crippen MR) is 115 cm³/mol. The molecule has 0 bridgehead atoms. The Morgan fingerprint density at radius 1 is 1.16 bits per heavy atom. The highest BCUT2D eigenvalue weighted by molar-refractivity contribution is 5.84. The molecule has 4 amide bonds. The molecule has 174 valence electrons. The molecule has 1 aliphatic heterocycles. The summed E-state index contributed by atoms with van der Waals surface area (Å²) in [6.07, 6.45) is 4.99. The molecule has 3 N–H and O–H groups in total. The molecule has 0 spiro atoms. The van der Waals surface area contributed by atoms with Gasteiger partial charge in [0.05, 0.1) is 32.1 Å². The topological polar surface area (TPSA) is 134 Å². The fraction of sp³-hybridized carbons (Fsp3) is 0.571. The fourth-order valence-electron chi connectivity index (χ4n) is 3.55. The summed E-state index contributed by atoms with van der Waals surface area (Å²) >= 11 is 0. The van der Waals surface area contributed by atoms with E-state index in [0.29, 0.717) is 37.6 Å². The van der Waals surface area contributed by atoms with Gasteiger partial charge in [0.15, 0.2) is 0 Å². The number of nitrogens with zero attached hydrogens (tertiary/aromatic N) is 4. The number of amides is 4. The number of hydrogen-bond acceptors (Lipinski definition) is 6. The monoisotopic (exact) mass is 445 g/mol.